The van der Waals surface area contributed by atoms with E-state index in [9.17, 15) is 19.2 Å². The first kappa shape index (κ1) is 18.7. The van der Waals surface area contributed by atoms with Crippen molar-refractivity contribution in [2.75, 3.05) is 0 Å². The molecular weight excluding hydrogens is 308 g/mol. The van der Waals surface area contributed by atoms with Gasteiger partial charge < -0.3 is 18.9 Å². The van der Waals surface area contributed by atoms with Gasteiger partial charge in [-0.15, -0.1) is 0 Å². The van der Waals surface area contributed by atoms with Gasteiger partial charge in [-0.05, 0) is 6.08 Å². The lowest BCUT2D eigenvalue weighted by Crippen LogP contribution is -2.49. The minimum Gasteiger partial charge on any atom is -0.458 e. The second kappa shape index (κ2) is 8.30. The summed E-state index contributed by atoms with van der Waals surface area (Å²) in [5.41, 5.74) is 0. The number of carbonyl (C=O) groups excluding carboxylic acids is 4. The van der Waals surface area contributed by atoms with E-state index in [1.54, 1.807) is 6.08 Å². The number of esters is 4. The summed E-state index contributed by atoms with van der Waals surface area (Å²) in [5, 5.41) is 0. The van der Waals surface area contributed by atoms with Gasteiger partial charge in [-0.1, -0.05) is 6.08 Å². The monoisotopic (exact) mass is 328 g/mol. The lowest BCUT2D eigenvalue weighted by atomic mass is 10.0. The number of rotatable bonds is 4. The first-order valence-electron chi connectivity index (χ1n) is 7.06. The quantitative estimate of drug-likeness (QED) is 0.421. The van der Waals surface area contributed by atoms with Crippen molar-refractivity contribution in [1.29, 1.82) is 0 Å². The molecule has 1 aliphatic carbocycles. The van der Waals surface area contributed by atoms with Crippen LogP contribution in [0.5, 0.6) is 0 Å². The second-order valence-electron chi connectivity index (χ2n) is 5.03. The first-order chi connectivity index (χ1) is 10.7. The van der Waals surface area contributed by atoms with Crippen molar-refractivity contribution in [2.24, 2.45) is 0 Å². The number of hydrogen-bond acceptors (Lipinski definition) is 8. The third-order valence-corrected chi connectivity index (χ3v) is 2.93. The van der Waals surface area contributed by atoms with E-state index in [1.165, 1.54) is 33.8 Å². The minimum atomic E-state index is -1.12. The van der Waals surface area contributed by atoms with Crippen LogP contribution in [0.3, 0.4) is 0 Å². The maximum Gasteiger partial charge on any atom is 0.303 e. The molecule has 1 aliphatic rings. The van der Waals surface area contributed by atoms with Crippen LogP contribution in [0.25, 0.3) is 0 Å². The fourth-order valence-corrected chi connectivity index (χ4v) is 2.28. The average molecular weight is 328 g/mol. The number of carbonyl (C=O) groups is 4. The molecule has 23 heavy (non-hydrogen) atoms. The van der Waals surface area contributed by atoms with E-state index in [0.717, 1.165) is 0 Å². The van der Waals surface area contributed by atoms with Crippen LogP contribution in [0.4, 0.5) is 0 Å². The van der Waals surface area contributed by atoms with Gasteiger partial charge in [0.2, 0.25) is 0 Å². The van der Waals surface area contributed by atoms with Crippen molar-refractivity contribution >= 4 is 23.9 Å². The van der Waals surface area contributed by atoms with E-state index < -0.39 is 48.3 Å². The molecule has 0 unspecified atom stereocenters. The molecular formula is C15H20O8. The van der Waals surface area contributed by atoms with Gasteiger partial charge in [0.1, 0.15) is 6.10 Å². The standard InChI is InChI=1S/C15H20O8/c1-8(16)20-12-6-5-7-13(21-9(2)17)15(23-11(4)19)14(12)22-10(3)18/h5-6,12-15H,7H2,1-4H3/t12-,13-,14+,15-/m1/s1. The third-order valence-electron chi connectivity index (χ3n) is 2.93. The molecule has 0 radical (unpaired) electrons. The largest absolute Gasteiger partial charge is 0.458 e. The zero-order chi connectivity index (χ0) is 17.6. The molecule has 0 heterocycles. The molecule has 0 spiro atoms. The Hall–Kier alpha value is -2.38. The first-order valence-corrected chi connectivity index (χ1v) is 7.06. The molecule has 8 heteroatoms. The van der Waals surface area contributed by atoms with E-state index in [0.29, 0.717) is 0 Å². The Labute approximate surface area is 133 Å². The predicted octanol–water partition coefficient (Wildman–Crippen LogP) is 0.673. The SMILES string of the molecule is CC(=O)O[C@@H]1[C@H](OC(C)=O)[C@H](OC(C)=O)CC=C[C@H]1OC(C)=O. The van der Waals surface area contributed by atoms with Crippen LogP contribution in [0, 0.1) is 0 Å². The van der Waals surface area contributed by atoms with Gasteiger partial charge in [0, 0.05) is 34.1 Å². The highest BCUT2D eigenvalue weighted by atomic mass is 16.6. The third kappa shape index (κ3) is 6.09. The van der Waals surface area contributed by atoms with E-state index in [4.69, 9.17) is 18.9 Å². The minimum absolute atomic E-state index is 0.215. The lowest BCUT2D eigenvalue weighted by molar-refractivity contribution is -0.193. The highest BCUT2D eigenvalue weighted by Crippen LogP contribution is 2.25. The molecule has 0 amide bonds. The summed E-state index contributed by atoms with van der Waals surface area (Å²) in [4.78, 5) is 45.3. The smallest absolute Gasteiger partial charge is 0.303 e. The average Bonchev–Trinajstić information content (AvgIpc) is 2.51. The normalized spacial score (nSPS) is 26.6. The van der Waals surface area contributed by atoms with E-state index in [2.05, 4.69) is 0 Å². The Kier molecular flexibility index (Phi) is 6.74. The maximum atomic E-state index is 11.4. The molecule has 0 fully saturated rings. The molecule has 8 nitrogen and oxygen atoms in total. The highest BCUT2D eigenvalue weighted by Gasteiger charge is 2.43. The van der Waals surface area contributed by atoms with Gasteiger partial charge in [0.25, 0.3) is 0 Å². The number of hydrogen-bond donors (Lipinski definition) is 0. The summed E-state index contributed by atoms with van der Waals surface area (Å²) in [5.74, 6) is -2.47. The van der Waals surface area contributed by atoms with E-state index in [1.807, 2.05) is 0 Å². The zero-order valence-corrected chi connectivity index (χ0v) is 13.4. The Morgan fingerprint density at radius 3 is 1.70 bits per heavy atom. The Morgan fingerprint density at radius 1 is 0.739 bits per heavy atom. The van der Waals surface area contributed by atoms with Crippen molar-refractivity contribution in [3.8, 4) is 0 Å². The van der Waals surface area contributed by atoms with Crippen LogP contribution < -0.4 is 0 Å². The zero-order valence-electron chi connectivity index (χ0n) is 13.4. The predicted molar refractivity (Wildman–Crippen MR) is 76.0 cm³/mol. The lowest BCUT2D eigenvalue weighted by Gasteiger charge is -2.32. The molecule has 128 valence electrons. The molecule has 1 rings (SSSR count). The Morgan fingerprint density at radius 2 is 1.22 bits per heavy atom. The molecule has 0 saturated heterocycles. The summed E-state index contributed by atoms with van der Waals surface area (Å²) < 4.78 is 20.6. The molecule has 4 atom stereocenters. The molecule has 0 saturated carbocycles. The van der Waals surface area contributed by atoms with Crippen LogP contribution in [0.2, 0.25) is 0 Å². The van der Waals surface area contributed by atoms with Crippen molar-refractivity contribution in [3.63, 3.8) is 0 Å². The van der Waals surface area contributed by atoms with Gasteiger partial charge in [-0.2, -0.15) is 0 Å². The van der Waals surface area contributed by atoms with E-state index in [-0.39, 0.29) is 6.42 Å². The number of ether oxygens (including phenoxy) is 4. The molecule has 0 N–H and O–H groups in total. The summed E-state index contributed by atoms with van der Waals surface area (Å²) in [7, 11) is 0. The van der Waals surface area contributed by atoms with Crippen molar-refractivity contribution < 1.29 is 38.1 Å². The topological polar surface area (TPSA) is 105 Å². The van der Waals surface area contributed by atoms with Crippen LogP contribution in [-0.2, 0) is 38.1 Å². The summed E-state index contributed by atoms with van der Waals surface area (Å²) >= 11 is 0. The van der Waals surface area contributed by atoms with Gasteiger partial charge in [-0.3, -0.25) is 19.2 Å². The fraction of sp³-hybridized carbons (Fsp3) is 0.600. The highest BCUT2D eigenvalue weighted by molar-refractivity contribution is 5.69. The van der Waals surface area contributed by atoms with Gasteiger partial charge in [0.05, 0.1) is 0 Å². The van der Waals surface area contributed by atoms with Crippen LogP contribution >= 0.6 is 0 Å². The fourth-order valence-electron chi connectivity index (χ4n) is 2.28. The van der Waals surface area contributed by atoms with Gasteiger partial charge >= 0.3 is 23.9 Å². The maximum absolute atomic E-state index is 11.4. The van der Waals surface area contributed by atoms with E-state index >= 15 is 0 Å². The summed E-state index contributed by atoms with van der Waals surface area (Å²) in [6.45, 7) is 4.76. The van der Waals surface area contributed by atoms with Crippen LogP contribution in [0.1, 0.15) is 34.1 Å². The van der Waals surface area contributed by atoms with Crippen molar-refractivity contribution in [2.45, 2.75) is 58.5 Å². The van der Waals surface area contributed by atoms with Gasteiger partial charge in [0.15, 0.2) is 18.3 Å². The van der Waals surface area contributed by atoms with Crippen molar-refractivity contribution in [1.82, 2.24) is 0 Å². The molecule has 0 bridgehead atoms. The molecule has 0 aliphatic heterocycles. The van der Waals surface area contributed by atoms with Crippen LogP contribution in [0.15, 0.2) is 12.2 Å². The summed E-state index contributed by atoms with van der Waals surface area (Å²) in [6, 6.07) is 0. The molecule has 0 aromatic rings. The Bertz CT molecular complexity index is 510. The molecule has 0 aromatic carbocycles. The van der Waals surface area contributed by atoms with Gasteiger partial charge in [-0.25, -0.2) is 0 Å². The van der Waals surface area contributed by atoms with Crippen molar-refractivity contribution in [3.05, 3.63) is 12.2 Å². The second-order valence-corrected chi connectivity index (χ2v) is 5.03. The molecule has 0 aromatic heterocycles. The van der Waals surface area contributed by atoms with Crippen LogP contribution in [-0.4, -0.2) is 48.3 Å². The Balaban J connectivity index is 3.17. The summed E-state index contributed by atoms with van der Waals surface area (Å²) in [6.07, 6.45) is -0.703.